The van der Waals surface area contributed by atoms with E-state index in [4.69, 9.17) is 4.74 Å². The Labute approximate surface area is 298 Å². The lowest BCUT2D eigenvalue weighted by molar-refractivity contribution is -0.151. The maximum absolute atomic E-state index is 12.8. The molecule has 0 aliphatic heterocycles. The Hall–Kier alpha value is -1.57. The van der Waals surface area contributed by atoms with Crippen molar-refractivity contribution < 1.29 is 9.53 Å². The zero-order valence-corrected chi connectivity index (χ0v) is 32.7. The van der Waals surface area contributed by atoms with E-state index in [9.17, 15) is 4.79 Å². The Morgan fingerprint density at radius 2 is 1.46 bits per heavy atom. The molecule has 4 aliphatic rings. The van der Waals surface area contributed by atoms with Crippen LogP contribution >= 0.6 is 0 Å². The van der Waals surface area contributed by atoms with Gasteiger partial charge in [-0.25, -0.2) is 0 Å². The molecule has 8 atom stereocenters. The van der Waals surface area contributed by atoms with Gasteiger partial charge in [-0.15, -0.1) is 0 Å². The minimum absolute atomic E-state index is 0.0326. The lowest BCUT2D eigenvalue weighted by Gasteiger charge is -2.55. The zero-order chi connectivity index (χ0) is 34.6. The van der Waals surface area contributed by atoms with Gasteiger partial charge >= 0.3 is 5.97 Å². The summed E-state index contributed by atoms with van der Waals surface area (Å²) >= 11 is 0. The van der Waals surface area contributed by atoms with Crippen LogP contribution in [0.5, 0.6) is 0 Å². The van der Waals surface area contributed by atoms with Gasteiger partial charge in [-0.1, -0.05) is 147 Å². The molecule has 4 aliphatic carbocycles. The van der Waals surface area contributed by atoms with E-state index in [0.717, 1.165) is 43.9 Å². The monoisotopic (exact) mass is 661 g/mol. The summed E-state index contributed by atoms with van der Waals surface area (Å²) in [5.41, 5.74) is 3.99. The number of hydrogen-bond donors (Lipinski definition) is 0. The predicted molar refractivity (Wildman–Crippen MR) is 207 cm³/mol. The van der Waals surface area contributed by atoms with E-state index >= 15 is 0 Å². The van der Waals surface area contributed by atoms with E-state index < -0.39 is 0 Å². The lowest BCUT2D eigenvalue weighted by Crippen LogP contribution is -2.46. The Bertz CT molecular complexity index is 1110. The van der Waals surface area contributed by atoms with Crippen molar-refractivity contribution in [3.05, 3.63) is 47.6 Å². The van der Waals surface area contributed by atoms with E-state index in [1.54, 1.807) is 11.1 Å². The average Bonchev–Trinajstić information content (AvgIpc) is 3.42. The standard InChI is InChI=1S/C46H76O2/c1-8-9-10-11-12-13-14-15-16-17-18-19-20-21-22-23-44(47)48-39-30-32-45(6)38(34-39)26-27-40-42-29-28-41(46(42,7)33-31-43(40)45)37(5)25-24-36(4)35(2)3/h15-16,24-27,35-37,39,41-43H,8-14,17-23,28-34H2,1-7H3/b16-15+,25-24-/t36?,37?,39-,41+,42-,43-,45-,46+/m0/s1. The summed E-state index contributed by atoms with van der Waals surface area (Å²) in [5.74, 6) is 4.24. The first-order valence-corrected chi connectivity index (χ1v) is 21.0. The van der Waals surface area contributed by atoms with Gasteiger partial charge in [0.2, 0.25) is 0 Å². The summed E-state index contributed by atoms with van der Waals surface area (Å²) in [5, 5.41) is 0. The second-order valence-electron chi connectivity index (χ2n) is 17.6. The van der Waals surface area contributed by atoms with Crippen LogP contribution in [-0.2, 0) is 9.53 Å². The van der Waals surface area contributed by atoms with Crippen LogP contribution in [0, 0.1) is 46.3 Å². The third kappa shape index (κ3) is 10.2. The van der Waals surface area contributed by atoms with Gasteiger partial charge in [0.1, 0.15) is 6.10 Å². The van der Waals surface area contributed by atoms with E-state index in [1.165, 1.54) is 96.3 Å². The van der Waals surface area contributed by atoms with Crippen molar-refractivity contribution in [3.63, 3.8) is 0 Å². The molecule has 2 heteroatoms. The van der Waals surface area contributed by atoms with Gasteiger partial charge in [0.05, 0.1) is 0 Å². The molecular formula is C46H76O2. The van der Waals surface area contributed by atoms with Gasteiger partial charge < -0.3 is 4.74 Å². The largest absolute Gasteiger partial charge is 0.462 e. The smallest absolute Gasteiger partial charge is 0.306 e. The summed E-state index contributed by atoms with van der Waals surface area (Å²) in [7, 11) is 0. The summed E-state index contributed by atoms with van der Waals surface area (Å²) in [6.45, 7) is 17.0. The SMILES string of the molecule is CCCCCCCC/C=C/CCCCCCCC(=O)O[C@H]1CC[C@@]2(C)C(=CC=C3[C@@H]4CC[C@H](C(C)/C=C\C(C)C(C)C)[C@@]4(C)CC[C@@H]32)C1. The highest BCUT2D eigenvalue weighted by Crippen LogP contribution is 2.66. The van der Waals surface area contributed by atoms with E-state index in [-0.39, 0.29) is 17.5 Å². The third-order valence-corrected chi connectivity index (χ3v) is 13.9. The molecule has 0 spiro atoms. The number of carbonyl (C=O) groups is 1. The quantitative estimate of drug-likeness (QED) is 0.0738. The number of allylic oxidation sites excluding steroid dienone is 7. The van der Waals surface area contributed by atoms with Crippen molar-refractivity contribution >= 4 is 5.97 Å². The molecule has 2 nitrogen and oxygen atoms in total. The number of esters is 1. The first kappa shape index (κ1) is 39.2. The summed E-state index contributed by atoms with van der Waals surface area (Å²) < 4.78 is 6.10. The zero-order valence-electron chi connectivity index (χ0n) is 32.7. The van der Waals surface area contributed by atoms with Gasteiger partial charge in [0, 0.05) is 12.8 Å². The van der Waals surface area contributed by atoms with Crippen molar-refractivity contribution in [2.45, 2.75) is 189 Å². The average molecular weight is 661 g/mol. The first-order chi connectivity index (χ1) is 23.1. The first-order valence-electron chi connectivity index (χ1n) is 21.0. The third-order valence-electron chi connectivity index (χ3n) is 13.9. The highest BCUT2D eigenvalue weighted by atomic mass is 16.5. The number of rotatable bonds is 20. The van der Waals surface area contributed by atoms with E-state index in [1.807, 2.05) is 0 Å². The number of unbranched alkanes of at least 4 members (excludes halogenated alkanes) is 11. The van der Waals surface area contributed by atoms with Gasteiger partial charge in [-0.3, -0.25) is 4.79 Å². The lowest BCUT2D eigenvalue weighted by atomic mass is 9.50. The fraction of sp³-hybridized carbons (Fsp3) is 0.804. The highest BCUT2D eigenvalue weighted by molar-refractivity contribution is 5.69. The Morgan fingerprint density at radius 1 is 0.792 bits per heavy atom. The Balaban J connectivity index is 1.16. The molecule has 0 aromatic rings. The fourth-order valence-corrected chi connectivity index (χ4v) is 10.3. The number of carbonyl (C=O) groups excluding carboxylic acids is 1. The molecule has 2 unspecified atom stereocenters. The minimum Gasteiger partial charge on any atom is -0.462 e. The van der Waals surface area contributed by atoms with Crippen LogP contribution in [0.15, 0.2) is 47.6 Å². The van der Waals surface area contributed by atoms with Crippen LogP contribution in [0.3, 0.4) is 0 Å². The van der Waals surface area contributed by atoms with Gasteiger partial charge in [0.15, 0.2) is 0 Å². The topological polar surface area (TPSA) is 26.3 Å². The van der Waals surface area contributed by atoms with Crippen molar-refractivity contribution in [1.82, 2.24) is 0 Å². The highest BCUT2D eigenvalue weighted by Gasteiger charge is 2.57. The van der Waals surface area contributed by atoms with Gasteiger partial charge in [-0.05, 0) is 117 Å². The predicted octanol–water partition coefficient (Wildman–Crippen LogP) is 13.9. The molecule has 0 heterocycles. The molecule has 0 aromatic heterocycles. The molecule has 48 heavy (non-hydrogen) atoms. The van der Waals surface area contributed by atoms with Crippen LogP contribution in [0.2, 0.25) is 0 Å². The van der Waals surface area contributed by atoms with Crippen LogP contribution in [-0.4, -0.2) is 12.1 Å². The van der Waals surface area contributed by atoms with Crippen molar-refractivity contribution in [3.8, 4) is 0 Å². The fourth-order valence-electron chi connectivity index (χ4n) is 10.3. The van der Waals surface area contributed by atoms with Crippen molar-refractivity contribution in [2.24, 2.45) is 46.3 Å². The van der Waals surface area contributed by atoms with Crippen LogP contribution < -0.4 is 0 Å². The minimum atomic E-state index is 0.0326. The molecule has 272 valence electrons. The normalized spacial score (nSPS) is 31.3. The van der Waals surface area contributed by atoms with Gasteiger partial charge in [0.25, 0.3) is 0 Å². The molecule has 0 N–H and O–H groups in total. The van der Waals surface area contributed by atoms with Crippen LogP contribution in [0.1, 0.15) is 183 Å². The number of hydrogen-bond acceptors (Lipinski definition) is 2. The Kier molecular flexibility index (Phi) is 15.6. The van der Waals surface area contributed by atoms with E-state index in [0.29, 0.717) is 35.5 Å². The molecule has 4 rings (SSSR count). The summed E-state index contributed by atoms with van der Waals surface area (Å²) in [4.78, 5) is 12.8. The number of ether oxygens (including phenoxy) is 1. The van der Waals surface area contributed by atoms with Gasteiger partial charge in [-0.2, -0.15) is 0 Å². The second-order valence-corrected chi connectivity index (χ2v) is 17.6. The number of fused-ring (bicyclic) bond motifs is 5. The van der Waals surface area contributed by atoms with Crippen molar-refractivity contribution in [1.29, 1.82) is 0 Å². The maximum Gasteiger partial charge on any atom is 0.306 e. The molecule has 0 bridgehead atoms. The summed E-state index contributed by atoms with van der Waals surface area (Å²) in [6.07, 6.45) is 40.7. The summed E-state index contributed by atoms with van der Waals surface area (Å²) in [6, 6.07) is 0. The molecule has 0 saturated heterocycles. The van der Waals surface area contributed by atoms with Crippen LogP contribution in [0.25, 0.3) is 0 Å². The molecular weight excluding hydrogens is 585 g/mol. The molecule has 0 aromatic carbocycles. The second kappa shape index (κ2) is 19.2. The molecule has 0 amide bonds. The van der Waals surface area contributed by atoms with Crippen molar-refractivity contribution in [2.75, 3.05) is 0 Å². The molecule has 3 saturated carbocycles. The van der Waals surface area contributed by atoms with E-state index in [2.05, 4.69) is 84.9 Å². The molecule has 0 radical (unpaired) electrons. The molecule has 3 fully saturated rings. The Morgan fingerprint density at radius 3 is 2.15 bits per heavy atom. The maximum atomic E-state index is 12.8. The van der Waals surface area contributed by atoms with Crippen LogP contribution in [0.4, 0.5) is 0 Å².